The SMILES string of the molecule is O=S(=O)(NCCSCc1ccccc1)c1ccc(F)cc1Cl. The van der Waals surface area contributed by atoms with Crippen LogP contribution < -0.4 is 4.72 Å². The second kappa shape index (κ2) is 7.97. The number of hydrogen-bond acceptors (Lipinski definition) is 3. The normalized spacial score (nSPS) is 11.5. The average Bonchev–Trinajstić information content (AvgIpc) is 2.47. The van der Waals surface area contributed by atoms with Crippen molar-refractivity contribution >= 4 is 33.4 Å². The summed E-state index contributed by atoms with van der Waals surface area (Å²) in [5, 5.41) is -0.121. The Morgan fingerprint density at radius 1 is 1.14 bits per heavy atom. The molecule has 0 spiro atoms. The highest BCUT2D eigenvalue weighted by molar-refractivity contribution is 7.98. The minimum atomic E-state index is -3.71. The smallest absolute Gasteiger partial charge is 0.210 e. The largest absolute Gasteiger partial charge is 0.242 e. The first kappa shape index (κ1) is 17.3. The third-order valence-electron chi connectivity index (χ3n) is 2.83. The monoisotopic (exact) mass is 359 g/mol. The van der Waals surface area contributed by atoms with E-state index in [2.05, 4.69) is 4.72 Å². The van der Waals surface area contributed by atoms with Crippen LogP contribution >= 0.6 is 23.4 Å². The van der Waals surface area contributed by atoms with Crippen molar-refractivity contribution in [2.24, 2.45) is 0 Å². The predicted molar refractivity (Wildman–Crippen MR) is 89.2 cm³/mol. The zero-order chi connectivity index (χ0) is 16.0. The summed E-state index contributed by atoms with van der Waals surface area (Å²) in [6.45, 7) is 0.285. The van der Waals surface area contributed by atoms with Crippen molar-refractivity contribution < 1.29 is 12.8 Å². The first-order valence-corrected chi connectivity index (χ1v) is 9.57. The van der Waals surface area contributed by atoms with Crippen LogP contribution in [0.1, 0.15) is 5.56 Å². The Morgan fingerprint density at radius 2 is 1.86 bits per heavy atom. The molecule has 3 nitrogen and oxygen atoms in total. The van der Waals surface area contributed by atoms with Gasteiger partial charge >= 0.3 is 0 Å². The van der Waals surface area contributed by atoms with Gasteiger partial charge in [-0.25, -0.2) is 17.5 Å². The summed E-state index contributed by atoms with van der Waals surface area (Å²) in [7, 11) is -3.71. The van der Waals surface area contributed by atoms with E-state index in [1.54, 1.807) is 11.8 Å². The zero-order valence-corrected chi connectivity index (χ0v) is 14.0. The molecule has 0 saturated heterocycles. The summed E-state index contributed by atoms with van der Waals surface area (Å²) in [4.78, 5) is -0.108. The Kier molecular flexibility index (Phi) is 6.26. The van der Waals surface area contributed by atoms with Crippen LogP contribution in [0.3, 0.4) is 0 Å². The molecule has 0 aromatic heterocycles. The molecule has 0 unspecified atom stereocenters. The maximum Gasteiger partial charge on any atom is 0.242 e. The minimum Gasteiger partial charge on any atom is -0.210 e. The van der Waals surface area contributed by atoms with E-state index in [1.807, 2.05) is 30.3 Å². The van der Waals surface area contributed by atoms with Gasteiger partial charge in [-0.1, -0.05) is 41.9 Å². The van der Waals surface area contributed by atoms with Crippen molar-refractivity contribution in [1.29, 1.82) is 0 Å². The molecule has 0 saturated carbocycles. The Bertz CT molecular complexity index is 724. The number of benzene rings is 2. The number of nitrogens with one attached hydrogen (secondary N) is 1. The van der Waals surface area contributed by atoms with Gasteiger partial charge in [0.25, 0.3) is 0 Å². The molecule has 0 bridgehead atoms. The molecule has 0 radical (unpaired) electrons. The summed E-state index contributed by atoms with van der Waals surface area (Å²) < 4.78 is 39.6. The van der Waals surface area contributed by atoms with Gasteiger partial charge in [0.2, 0.25) is 10.0 Å². The van der Waals surface area contributed by atoms with E-state index in [1.165, 1.54) is 5.56 Å². The van der Waals surface area contributed by atoms with Crippen LogP contribution in [-0.4, -0.2) is 20.7 Å². The molecule has 0 aliphatic carbocycles. The summed E-state index contributed by atoms with van der Waals surface area (Å²) in [6, 6.07) is 13.2. The lowest BCUT2D eigenvalue weighted by Gasteiger charge is -2.08. The van der Waals surface area contributed by atoms with Crippen LogP contribution in [0.4, 0.5) is 4.39 Å². The Labute approximate surface area is 138 Å². The molecule has 0 heterocycles. The topological polar surface area (TPSA) is 46.2 Å². The summed E-state index contributed by atoms with van der Waals surface area (Å²) in [5.74, 6) is 0.884. The Hall–Kier alpha value is -1.08. The first-order valence-electron chi connectivity index (χ1n) is 6.55. The fourth-order valence-corrected chi connectivity index (χ4v) is 4.29. The molecule has 2 rings (SSSR count). The molecular formula is C15H15ClFNO2S2. The van der Waals surface area contributed by atoms with Crippen LogP contribution in [0.25, 0.3) is 0 Å². The van der Waals surface area contributed by atoms with Gasteiger partial charge in [-0.2, -0.15) is 11.8 Å². The van der Waals surface area contributed by atoms with Gasteiger partial charge in [0.15, 0.2) is 0 Å². The van der Waals surface area contributed by atoms with E-state index in [9.17, 15) is 12.8 Å². The highest BCUT2D eigenvalue weighted by Crippen LogP contribution is 2.22. The molecule has 118 valence electrons. The van der Waals surface area contributed by atoms with E-state index < -0.39 is 15.8 Å². The van der Waals surface area contributed by atoms with Gasteiger partial charge in [0.1, 0.15) is 10.7 Å². The van der Waals surface area contributed by atoms with Crippen LogP contribution in [0.5, 0.6) is 0 Å². The fraction of sp³-hybridized carbons (Fsp3) is 0.200. The van der Waals surface area contributed by atoms with Gasteiger partial charge in [0.05, 0.1) is 5.02 Å². The van der Waals surface area contributed by atoms with Crippen molar-refractivity contribution in [2.45, 2.75) is 10.6 Å². The molecule has 2 aromatic rings. The highest BCUT2D eigenvalue weighted by Gasteiger charge is 2.17. The van der Waals surface area contributed by atoms with Crippen LogP contribution in [0.15, 0.2) is 53.4 Å². The molecule has 0 aliphatic rings. The minimum absolute atomic E-state index is 0.108. The first-order chi connectivity index (χ1) is 10.5. The molecule has 7 heteroatoms. The molecule has 0 atom stereocenters. The van der Waals surface area contributed by atoms with E-state index in [0.717, 1.165) is 24.0 Å². The van der Waals surface area contributed by atoms with Gasteiger partial charge in [-0.05, 0) is 23.8 Å². The third kappa shape index (κ3) is 4.98. The highest BCUT2D eigenvalue weighted by atomic mass is 35.5. The number of rotatable bonds is 7. The fourth-order valence-electron chi connectivity index (χ4n) is 1.78. The number of thioether (sulfide) groups is 1. The number of sulfonamides is 1. The summed E-state index contributed by atoms with van der Waals surface area (Å²) in [6.07, 6.45) is 0. The maximum absolute atomic E-state index is 12.9. The Balaban J connectivity index is 1.83. The van der Waals surface area contributed by atoms with Crippen LogP contribution in [-0.2, 0) is 15.8 Å². The third-order valence-corrected chi connectivity index (χ3v) is 5.81. The van der Waals surface area contributed by atoms with Crippen LogP contribution in [0, 0.1) is 5.82 Å². The van der Waals surface area contributed by atoms with E-state index >= 15 is 0 Å². The predicted octanol–water partition coefficient (Wildman–Crippen LogP) is 3.69. The number of halogens is 2. The summed E-state index contributed by atoms with van der Waals surface area (Å²) in [5.41, 5.74) is 1.19. The van der Waals surface area contributed by atoms with Crippen molar-refractivity contribution in [3.63, 3.8) is 0 Å². The lowest BCUT2D eigenvalue weighted by atomic mass is 10.2. The van der Waals surface area contributed by atoms with Gasteiger partial charge in [0, 0.05) is 18.1 Å². The quantitative estimate of drug-likeness (QED) is 0.767. The van der Waals surface area contributed by atoms with Gasteiger partial charge < -0.3 is 0 Å². The van der Waals surface area contributed by atoms with Crippen molar-refractivity contribution in [2.75, 3.05) is 12.3 Å². The molecular weight excluding hydrogens is 345 g/mol. The van der Waals surface area contributed by atoms with Gasteiger partial charge in [-0.3, -0.25) is 0 Å². The van der Waals surface area contributed by atoms with E-state index in [0.29, 0.717) is 5.75 Å². The van der Waals surface area contributed by atoms with E-state index in [-0.39, 0.29) is 16.5 Å². The zero-order valence-electron chi connectivity index (χ0n) is 11.6. The second-order valence-corrected chi connectivity index (χ2v) is 7.76. The van der Waals surface area contributed by atoms with Crippen molar-refractivity contribution in [1.82, 2.24) is 4.72 Å². The number of hydrogen-bond donors (Lipinski definition) is 1. The lowest BCUT2D eigenvalue weighted by Crippen LogP contribution is -2.26. The standard InChI is InChI=1S/C15H15ClFNO2S2/c16-14-10-13(17)6-7-15(14)22(19,20)18-8-9-21-11-12-4-2-1-3-5-12/h1-7,10,18H,8-9,11H2. The Morgan fingerprint density at radius 3 is 2.55 bits per heavy atom. The maximum atomic E-state index is 12.9. The summed E-state index contributed by atoms with van der Waals surface area (Å²) >= 11 is 7.40. The average molecular weight is 360 g/mol. The van der Waals surface area contributed by atoms with Crippen molar-refractivity contribution in [3.8, 4) is 0 Å². The van der Waals surface area contributed by atoms with Crippen molar-refractivity contribution in [3.05, 3.63) is 64.9 Å². The molecule has 0 aliphatic heterocycles. The molecule has 0 fully saturated rings. The molecule has 22 heavy (non-hydrogen) atoms. The van der Waals surface area contributed by atoms with E-state index in [4.69, 9.17) is 11.6 Å². The molecule has 2 aromatic carbocycles. The molecule has 0 amide bonds. The van der Waals surface area contributed by atoms with Gasteiger partial charge in [-0.15, -0.1) is 0 Å². The lowest BCUT2D eigenvalue weighted by molar-refractivity contribution is 0.583. The second-order valence-electron chi connectivity index (χ2n) is 4.51. The van der Waals surface area contributed by atoms with Crippen LogP contribution in [0.2, 0.25) is 5.02 Å². The molecule has 1 N–H and O–H groups in total.